The second-order valence-corrected chi connectivity index (χ2v) is 7.10. The highest BCUT2D eigenvalue weighted by molar-refractivity contribution is 7.14. The van der Waals surface area contributed by atoms with E-state index in [4.69, 9.17) is 0 Å². The molecule has 0 saturated carbocycles. The van der Waals surface area contributed by atoms with Crippen molar-refractivity contribution in [2.45, 2.75) is 19.8 Å². The monoisotopic (exact) mass is 359 g/mol. The molecular formula is C17H17N3O4S. The molecule has 0 unspecified atom stereocenters. The van der Waals surface area contributed by atoms with Crippen molar-refractivity contribution in [1.82, 2.24) is 4.90 Å². The zero-order valence-electron chi connectivity index (χ0n) is 13.7. The molecule has 0 radical (unpaired) electrons. The number of rotatable bonds is 4. The molecule has 0 spiro atoms. The van der Waals surface area contributed by atoms with Crippen molar-refractivity contribution in [2.24, 2.45) is 0 Å². The lowest BCUT2D eigenvalue weighted by Crippen LogP contribution is -2.27. The van der Waals surface area contributed by atoms with Crippen LogP contribution in [0.15, 0.2) is 30.3 Å². The normalized spacial score (nSPS) is 13.7. The number of hydrogen-bond donors (Lipinski definition) is 1. The van der Waals surface area contributed by atoms with Gasteiger partial charge in [0.1, 0.15) is 0 Å². The van der Waals surface area contributed by atoms with Crippen molar-refractivity contribution >= 4 is 34.5 Å². The van der Waals surface area contributed by atoms with Crippen LogP contribution >= 0.6 is 11.3 Å². The second-order valence-electron chi connectivity index (χ2n) is 5.84. The van der Waals surface area contributed by atoms with Gasteiger partial charge in [-0.25, -0.2) is 0 Å². The van der Waals surface area contributed by atoms with Crippen LogP contribution < -0.4 is 5.32 Å². The maximum Gasteiger partial charge on any atom is 0.283 e. The minimum atomic E-state index is -0.502. The molecule has 1 aromatic heterocycles. The van der Waals surface area contributed by atoms with Gasteiger partial charge in [0, 0.05) is 30.4 Å². The van der Waals surface area contributed by atoms with Crippen LogP contribution in [0.1, 0.15) is 37.7 Å². The van der Waals surface area contributed by atoms with Crippen LogP contribution in [0.2, 0.25) is 0 Å². The summed E-state index contributed by atoms with van der Waals surface area (Å²) < 4.78 is 0. The molecule has 130 valence electrons. The lowest BCUT2D eigenvalue weighted by molar-refractivity contribution is -0.385. The Balaban J connectivity index is 1.75. The fraction of sp³-hybridized carbons (Fsp3) is 0.294. The summed E-state index contributed by atoms with van der Waals surface area (Å²) in [6.45, 7) is 3.12. The lowest BCUT2D eigenvalue weighted by atomic mass is 10.1. The van der Waals surface area contributed by atoms with Crippen molar-refractivity contribution in [3.05, 3.63) is 55.8 Å². The summed E-state index contributed by atoms with van der Waals surface area (Å²) in [5, 5.41) is 13.6. The quantitative estimate of drug-likeness (QED) is 0.668. The van der Waals surface area contributed by atoms with E-state index >= 15 is 0 Å². The van der Waals surface area contributed by atoms with E-state index in [0.717, 1.165) is 37.3 Å². The van der Waals surface area contributed by atoms with Crippen molar-refractivity contribution in [3.8, 4) is 0 Å². The van der Waals surface area contributed by atoms with Gasteiger partial charge in [0.15, 0.2) is 0 Å². The fourth-order valence-electron chi connectivity index (χ4n) is 2.79. The number of carbonyl (C=O) groups excluding carboxylic acids is 2. The fourth-order valence-corrected chi connectivity index (χ4v) is 3.67. The Bertz CT molecular complexity index is 840. The van der Waals surface area contributed by atoms with Crippen molar-refractivity contribution in [1.29, 1.82) is 0 Å². The number of likely N-dealkylation sites (tertiary alicyclic amines) is 1. The van der Waals surface area contributed by atoms with E-state index < -0.39 is 10.8 Å². The highest BCUT2D eigenvalue weighted by Crippen LogP contribution is 2.28. The number of aryl methyl sites for hydroxylation is 1. The Hall–Kier alpha value is -2.74. The summed E-state index contributed by atoms with van der Waals surface area (Å²) in [7, 11) is 0. The first-order valence-electron chi connectivity index (χ1n) is 7.91. The summed E-state index contributed by atoms with van der Waals surface area (Å²) in [4.78, 5) is 37.7. The van der Waals surface area contributed by atoms with Gasteiger partial charge < -0.3 is 10.2 Å². The van der Waals surface area contributed by atoms with E-state index in [1.54, 1.807) is 36.1 Å². The third-order valence-electron chi connectivity index (χ3n) is 4.07. The van der Waals surface area contributed by atoms with E-state index in [-0.39, 0.29) is 16.5 Å². The maximum absolute atomic E-state index is 12.4. The molecule has 7 nitrogen and oxygen atoms in total. The highest BCUT2D eigenvalue weighted by atomic mass is 32.1. The van der Waals surface area contributed by atoms with Gasteiger partial charge in [-0.3, -0.25) is 19.7 Å². The van der Waals surface area contributed by atoms with E-state index in [2.05, 4.69) is 5.32 Å². The molecule has 3 rings (SSSR count). The number of nitrogens with one attached hydrogen (secondary N) is 1. The molecule has 2 aromatic rings. The topological polar surface area (TPSA) is 92.6 Å². The smallest absolute Gasteiger partial charge is 0.283 e. The minimum absolute atomic E-state index is 0.0452. The predicted octanol–water partition coefficient (Wildman–Crippen LogP) is 3.45. The molecule has 0 bridgehead atoms. The van der Waals surface area contributed by atoms with Gasteiger partial charge in [-0.1, -0.05) is 6.07 Å². The maximum atomic E-state index is 12.4. The Morgan fingerprint density at radius 2 is 1.96 bits per heavy atom. The molecule has 0 atom stereocenters. The third-order valence-corrected chi connectivity index (χ3v) is 5.11. The zero-order valence-corrected chi connectivity index (χ0v) is 14.5. The average Bonchev–Trinajstić information content (AvgIpc) is 3.24. The summed E-state index contributed by atoms with van der Waals surface area (Å²) in [6.07, 6.45) is 2.03. The summed E-state index contributed by atoms with van der Waals surface area (Å²) >= 11 is 1.07. The van der Waals surface area contributed by atoms with Gasteiger partial charge in [-0.05, 0) is 38.0 Å². The Labute approximate surface area is 148 Å². The number of anilines is 1. The van der Waals surface area contributed by atoms with E-state index in [9.17, 15) is 19.7 Å². The van der Waals surface area contributed by atoms with Gasteiger partial charge in [0.2, 0.25) is 0 Å². The molecule has 1 aliphatic heterocycles. The van der Waals surface area contributed by atoms with Gasteiger partial charge in [-0.2, -0.15) is 0 Å². The van der Waals surface area contributed by atoms with Gasteiger partial charge >= 0.3 is 0 Å². The first kappa shape index (κ1) is 17.1. The van der Waals surface area contributed by atoms with Crippen LogP contribution in [-0.4, -0.2) is 34.7 Å². The number of nitro groups is 1. The third kappa shape index (κ3) is 3.69. The standard InChI is InChI=1S/C17H17N3O4S/c1-11-14(20(23)24)10-15(25-11)16(21)18-13-6-4-5-12(9-13)17(22)19-7-2-3-8-19/h4-6,9-10H,2-3,7-8H2,1H3,(H,18,21). The Kier molecular flexibility index (Phi) is 4.80. The average molecular weight is 359 g/mol. The molecule has 1 N–H and O–H groups in total. The molecule has 2 heterocycles. The summed E-state index contributed by atoms with van der Waals surface area (Å²) in [5.41, 5.74) is 0.949. The second kappa shape index (κ2) is 7.02. The summed E-state index contributed by atoms with van der Waals surface area (Å²) in [6, 6.07) is 8.02. The zero-order chi connectivity index (χ0) is 18.0. The number of amides is 2. The van der Waals surface area contributed by atoms with Crippen LogP contribution in [0, 0.1) is 17.0 Å². The molecule has 2 amide bonds. The molecule has 1 aromatic carbocycles. The molecule has 8 heteroatoms. The van der Waals surface area contributed by atoms with Crippen LogP contribution in [-0.2, 0) is 0 Å². The molecular weight excluding hydrogens is 342 g/mol. The van der Waals surface area contributed by atoms with E-state index in [1.807, 2.05) is 0 Å². The van der Waals surface area contributed by atoms with E-state index in [1.165, 1.54) is 6.07 Å². The number of hydrogen-bond acceptors (Lipinski definition) is 5. The van der Waals surface area contributed by atoms with Crippen molar-refractivity contribution in [2.75, 3.05) is 18.4 Å². The Morgan fingerprint density at radius 3 is 2.60 bits per heavy atom. The van der Waals surface area contributed by atoms with Crippen molar-refractivity contribution < 1.29 is 14.5 Å². The highest BCUT2D eigenvalue weighted by Gasteiger charge is 2.21. The number of carbonyl (C=O) groups is 2. The largest absolute Gasteiger partial charge is 0.339 e. The van der Waals surface area contributed by atoms with Crippen LogP contribution in [0.25, 0.3) is 0 Å². The van der Waals surface area contributed by atoms with Crippen molar-refractivity contribution in [3.63, 3.8) is 0 Å². The van der Waals surface area contributed by atoms with Gasteiger partial charge in [0.05, 0.1) is 14.7 Å². The number of benzene rings is 1. The molecule has 1 aliphatic rings. The van der Waals surface area contributed by atoms with Gasteiger partial charge in [0.25, 0.3) is 17.5 Å². The molecule has 25 heavy (non-hydrogen) atoms. The first-order valence-corrected chi connectivity index (χ1v) is 8.73. The molecule has 0 aliphatic carbocycles. The first-order chi connectivity index (χ1) is 12.0. The minimum Gasteiger partial charge on any atom is -0.339 e. The van der Waals surface area contributed by atoms with Crippen LogP contribution in [0.5, 0.6) is 0 Å². The Morgan fingerprint density at radius 1 is 1.24 bits per heavy atom. The lowest BCUT2D eigenvalue weighted by Gasteiger charge is -2.15. The SMILES string of the molecule is Cc1sc(C(=O)Nc2cccc(C(=O)N3CCCC3)c2)cc1[N+](=O)[O-]. The number of thiophene rings is 1. The van der Waals surface area contributed by atoms with Crippen LogP contribution in [0.3, 0.4) is 0 Å². The molecule has 1 fully saturated rings. The molecule has 1 saturated heterocycles. The van der Waals surface area contributed by atoms with Gasteiger partial charge in [-0.15, -0.1) is 11.3 Å². The number of nitrogens with zero attached hydrogens (tertiary/aromatic N) is 2. The van der Waals surface area contributed by atoms with E-state index in [0.29, 0.717) is 16.1 Å². The van der Waals surface area contributed by atoms with Crippen LogP contribution in [0.4, 0.5) is 11.4 Å². The summed E-state index contributed by atoms with van der Waals surface area (Å²) in [5.74, 6) is -0.469. The predicted molar refractivity (Wildman–Crippen MR) is 95.2 cm³/mol.